The number of nitrogens with zero attached hydrogens (tertiary/aromatic N) is 1. The van der Waals surface area contributed by atoms with Gasteiger partial charge in [-0.05, 0) is 0 Å². The fourth-order valence-corrected chi connectivity index (χ4v) is 4.39. The zero-order chi connectivity index (χ0) is 13.9. The predicted octanol–water partition coefficient (Wildman–Crippen LogP) is 1.90. The van der Waals surface area contributed by atoms with Crippen molar-refractivity contribution < 1.29 is 4.79 Å². The van der Waals surface area contributed by atoms with Crippen molar-refractivity contribution in [2.24, 2.45) is 0 Å². The number of carbonyl (C=O) groups is 1. The summed E-state index contributed by atoms with van der Waals surface area (Å²) in [6.45, 7) is 0.762. The van der Waals surface area contributed by atoms with Gasteiger partial charge in [-0.3, -0.25) is 0 Å². The van der Waals surface area contributed by atoms with Crippen LogP contribution in [0.4, 0.5) is 0 Å². The van der Waals surface area contributed by atoms with E-state index in [-0.39, 0.29) is 20.9 Å². The summed E-state index contributed by atoms with van der Waals surface area (Å²) >= 11 is 0.162. The van der Waals surface area contributed by atoms with E-state index in [1.54, 1.807) is 4.90 Å². The minimum absolute atomic E-state index is 0.162. The summed E-state index contributed by atoms with van der Waals surface area (Å²) in [6.07, 6.45) is 0. The molecule has 0 unspecified atom stereocenters. The first kappa shape index (κ1) is 13.2. The van der Waals surface area contributed by atoms with E-state index in [1.165, 1.54) is 14.5 Å². The Morgan fingerprint density at radius 1 is 1.00 bits per heavy atom. The topological polar surface area (TPSA) is 20.3 Å². The molecule has 20 heavy (non-hydrogen) atoms. The van der Waals surface area contributed by atoms with Gasteiger partial charge in [-0.25, -0.2) is 0 Å². The van der Waals surface area contributed by atoms with Crippen molar-refractivity contribution in [1.29, 1.82) is 0 Å². The molecule has 2 aromatic rings. The van der Waals surface area contributed by atoms with Crippen molar-refractivity contribution in [3.63, 3.8) is 0 Å². The number of β-lactam (4-membered cyclic amide) rings is 1. The summed E-state index contributed by atoms with van der Waals surface area (Å²) in [7, 11) is 1.85. The van der Waals surface area contributed by atoms with Gasteiger partial charge in [0.25, 0.3) is 0 Å². The van der Waals surface area contributed by atoms with Gasteiger partial charge < -0.3 is 0 Å². The van der Waals surface area contributed by atoms with Crippen LogP contribution < -0.4 is 4.46 Å². The van der Waals surface area contributed by atoms with Crippen LogP contribution >= 0.6 is 0 Å². The zero-order valence-electron chi connectivity index (χ0n) is 11.2. The third-order valence-electron chi connectivity index (χ3n) is 3.27. The van der Waals surface area contributed by atoms with Gasteiger partial charge in [0.1, 0.15) is 0 Å². The van der Waals surface area contributed by atoms with E-state index in [0.717, 1.165) is 12.1 Å². The minimum atomic E-state index is 0.162. The Morgan fingerprint density at radius 3 is 2.15 bits per heavy atom. The Balaban J connectivity index is 2.00. The monoisotopic (exact) mass is 329 g/mol. The molecule has 2 aromatic carbocycles. The molecule has 3 rings (SSSR count). The third kappa shape index (κ3) is 2.55. The first-order valence-electron chi connectivity index (χ1n) is 6.52. The number of carbonyl (C=O) groups excluding carboxylic acids is 1. The number of likely N-dealkylation sites (tertiary alicyclic amines) is 1. The van der Waals surface area contributed by atoms with Gasteiger partial charge in [0.05, 0.1) is 0 Å². The van der Waals surface area contributed by atoms with Gasteiger partial charge in [-0.1, -0.05) is 0 Å². The first-order chi connectivity index (χ1) is 9.75. The van der Waals surface area contributed by atoms with Gasteiger partial charge in [-0.15, -0.1) is 0 Å². The van der Waals surface area contributed by atoms with E-state index in [9.17, 15) is 4.79 Å². The fourth-order valence-electron chi connectivity index (χ4n) is 2.18. The average molecular weight is 328 g/mol. The number of likely N-dealkylation sites (N-methyl/N-ethyl adjacent to an activating group) is 1. The molecule has 1 fully saturated rings. The Kier molecular flexibility index (Phi) is 3.72. The molecule has 1 aliphatic heterocycles. The molecule has 3 heteroatoms. The Morgan fingerprint density at radius 2 is 1.60 bits per heavy atom. The van der Waals surface area contributed by atoms with E-state index < -0.39 is 0 Å². The Hall–Kier alpha value is -1.83. The van der Waals surface area contributed by atoms with E-state index >= 15 is 0 Å². The summed E-state index contributed by atoms with van der Waals surface area (Å²) in [6, 6.07) is 20.7. The maximum absolute atomic E-state index is 12.0. The number of hydrogen-bond acceptors (Lipinski definition) is 1. The van der Waals surface area contributed by atoms with Crippen LogP contribution in [0.15, 0.2) is 66.2 Å². The maximum atomic E-state index is 12.0. The van der Waals surface area contributed by atoms with Crippen LogP contribution in [0, 0.1) is 0 Å². The van der Waals surface area contributed by atoms with Crippen LogP contribution in [-0.4, -0.2) is 39.4 Å². The van der Waals surface area contributed by atoms with E-state index in [1.807, 2.05) is 31.3 Å². The van der Waals surface area contributed by atoms with Crippen LogP contribution in [-0.2, 0) is 4.79 Å². The fraction of sp³-hybridized carbons (Fsp3) is 0.118. The number of hydrogen-bond donors (Lipinski definition) is 0. The molecule has 1 aliphatic rings. The molecule has 0 aromatic heterocycles. The number of benzene rings is 2. The van der Waals surface area contributed by atoms with Crippen molar-refractivity contribution >= 4 is 29.8 Å². The van der Waals surface area contributed by atoms with Gasteiger partial charge in [0.2, 0.25) is 0 Å². The third-order valence-corrected chi connectivity index (χ3v) is 5.78. The molecule has 1 heterocycles. The van der Waals surface area contributed by atoms with Crippen LogP contribution in [0.25, 0.3) is 4.47 Å². The second-order valence-electron chi connectivity index (χ2n) is 4.75. The van der Waals surface area contributed by atoms with Crippen LogP contribution in [0.2, 0.25) is 0 Å². The van der Waals surface area contributed by atoms with Crippen LogP contribution in [0.1, 0.15) is 5.56 Å². The number of rotatable bonds is 3. The zero-order valence-corrected chi connectivity index (χ0v) is 13.0. The summed E-state index contributed by atoms with van der Waals surface area (Å²) in [5.74, 6) is 0.168. The van der Waals surface area contributed by atoms with Crippen LogP contribution in [0.5, 0.6) is 0 Å². The SMILES string of the molecule is CN1C/C(=C(/[Se]c2ccccc2)c2ccccc2)C1=O. The normalized spacial score (nSPS) is 16.9. The Labute approximate surface area is 125 Å². The van der Waals surface area contributed by atoms with Crippen molar-refractivity contribution in [3.05, 3.63) is 71.8 Å². The first-order valence-corrected chi connectivity index (χ1v) is 8.24. The van der Waals surface area contributed by atoms with Gasteiger partial charge in [0, 0.05) is 0 Å². The summed E-state index contributed by atoms with van der Waals surface area (Å²) in [5.41, 5.74) is 2.15. The molecule has 0 spiro atoms. The van der Waals surface area contributed by atoms with Crippen molar-refractivity contribution in [3.8, 4) is 0 Å². The molecule has 0 N–H and O–H groups in total. The molecular weight excluding hydrogens is 313 g/mol. The molecule has 0 atom stereocenters. The van der Waals surface area contributed by atoms with Crippen molar-refractivity contribution in [2.45, 2.75) is 0 Å². The standard InChI is InChI=1S/C17H15NOSe/c1-18-12-15(17(18)19)16(13-8-4-2-5-9-13)20-14-10-6-3-7-11-14/h2-11H,12H2,1H3/b16-15-. The number of amides is 1. The molecule has 0 saturated carbocycles. The van der Waals surface area contributed by atoms with E-state index in [0.29, 0.717) is 0 Å². The summed E-state index contributed by atoms with van der Waals surface area (Å²) in [5, 5.41) is 0. The Bertz CT molecular complexity index is 649. The van der Waals surface area contributed by atoms with E-state index in [4.69, 9.17) is 0 Å². The average Bonchev–Trinajstić information content (AvgIpc) is 2.52. The second kappa shape index (κ2) is 5.66. The van der Waals surface area contributed by atoms with Gasteiger partial charge in [0.15, 0.2) is 0 Å². The molecule has 2 nitrogen and oxygen atoms in total. The second-order valence-corrected chi connectivity index (χ2v) is 7.02. The molecule has 0 bridgehead atoms. The molecule has 0 aliphatic carbocycles. The summed E-state index contributed by atoms with van der Waals surface area (Å²) in [4.78, 5) is 13.8. The molecule has 1 amide bonds. The van der Waals surface area contributed by atoms with Gasteiger partial charge in [-0.2, -0.15) is 0 Å². The van der Waals surface area contributed by atoms with Crippen LogP contribution in [0.3, 0.4) is 0 Å². The molecule has 100 valence electrons. The van der Waals surface area contributed by atoms with Crippen molar-refractivity contribution in [2.75, 3.05) is 13.6 Å². The molecule has 1 saturated heterocycles. The molecular formula is C17H15NOSe. The van der Waals surface area contributed by atoms with E-state index in [2.05, 4.69) is 36.4 Å². The van der Waals surface area contributed by atoms with Gasteiger partial charge >= 0.3 is 125 Å². The van der Waals surface area contributed by atoms with Crippen molar-refractivity contribution in [1.82, 2.24) is 4.90 Å². The quantitative estimate of drug-likeness (QED) is 0.479. The summed E-state index contributed by atoms with van der Waals surface area (Å²) < 4.78 is 2.51. The predicted molar refractivity (Wildman–Crippen MR) is 82.8 cm³/mol. The molecule has 0 radical (unpaired) electrons.